The van der Waals surface area contributed by atoms with Crippen LogP contribution in [0, 0.1) is 0 Å². The number of hydrogen-bond acceptors (Lipinski definition) is 4. The predicted octanol–water partition coefficient (Wildman–Crippen LogP) is 3.03. The summed E-state index contributed by atoms with van der Waals surface area (Å²) < 4.78 is 1.04. The number of carboxylic acids is 1. The van der Waals surface area contributed by atoms with E-state index in [-0.39, 0.29) is 0 Å². The summed E-state index contributed by atoms with van der Waals surface area (Å²) in [5.41, 5.74) is 0.905. The number of likely N-dealkylation sites (N-methyl/N-ethyl adjacent to an activating group) is 1. The molecular formula is C16H22N2O2S. The number of aromatic carboxylic acids is 1. The Morgan fingerprint density at radius 1 is 1.29 bits per heavy atom. The number of benzene rings is 1. The Labute approximate surface area is 129 Å². The van der Waals surface area contributed by atoms with Gasteiger partial charge >= 0.3 is 5.97 Å². The van der Waals surface area contributed by atoms with Crippen molar-refractivity contribution in [1.29, 1.82) is 0 Å². The summed E-state index contributed by atoms with van der Waals surface area (Å²) in [6.45, 7) is 8.84. The second kappa shape index (κ2) is 7.54. The minimum atomic E-state index is -0.836. The van der Waals surface area contributed by atoms with Gasteiger partial charge in [0.25, 0.3) is 0 Å². The molecule has 0 aliphatic rings. The molecule has 1 aromatic heterocycles. The van der Waals surface area contributed by atoms with Crippen molar-refractivity contribution < 1.29 is 9.90 Å². The molecule has 0 unspecified atom stereocenters. The second-order valence-corrected chi connectivity index (χ2v) is 5.97. The van der Waals surface area contributed by atoms with Crippen molar-refractivity contribution in [1.82, 2.24) is 10.2 Å². The van der Waals surface area contributed by atoms with Crippen LogP contribution >= 0.6 is 11.3 Å². The fourth-order valence-corrected chi connectivity index (χ4v) is 3.50. The largest absolute Gasteiger partial charge is 0.477 e. The zero-order valence-corrected chi connectivity index (χ0v) is 13.4. The first kappa shape index (κ1) is 15.9. The Hall–Kier alpha value is -1.43. The lowest BCUT2D eigenvalue weighted by Gasteiger charge is -2.18. The van der Waals surface area contributed by atoms with Gasteiger partial charge in [-0.3, -0.25) is 0 Å². The van der Waals surface area contributed by atoms with Crippen LogP contribution in [0.4, 0.5) is 0 Å². The summed E-state index contributed by atoms with van der Waals surface area (Å²) in [6.07, 6.45) is 0. The molecular weight excluding hydrogens is 284 g/mol. The fraction of sp³-hybridized carbons (Fsp3) is 0.438. The maximum Gasteiger partial charge on any atom is 0.346 e. The van der Waals surface area contributed by atoms with Gasteiger partial charge in [0.1, 0.15) is 4.88 Å². The van der Waals surface area contributed by atoms with E-state index in [0.717, 1.165) is 41.8 Å². The van der Waals surface area contributed by atoms with E-state index in [4.69, 9.17) is 0 Å². The highest BCUT2D eigenvalue weighted by atomic mass is 32.1. The molecule has 4 nitrogen and oxygen atoms in total. The molecule has 0 fully saturated rings. The van der Waals surface area contributed by atoms with Crippen LogP contribution in [0.25, 0.3) is 10.1 Å². The zero-order chi connectivity index (χ0) is 15.2. The number of carboxylic acid groups (broad SMARTS) is 1. The first-order chi connectivity index (χ1) is 10.2. The van der Waals surface area contributed by atoms with Gasteiger partial charge in [-0.15, -0.1) is 11.3 Å². The lowest BCUT2D eigenvalue weighted by atomic mass is 10.1. The minimum Gasteiger partial charge on any atom is -0.477 e. The smallest absolute Gasteiger partial charge is 0.346 e. The molecule has 5 heteroatoms. The Kier molecular flexibility index (Phi) is 5.73. The lowest BCUT2D eigenvalue weighted by molar-refractivity contribution is 0.0701. The van der Waals surface area contributed by atoms with Crippen molar-refractivity contribution >= 4 is 27.4 Å². The van der Waals surface area contributed by atoms with Crippen molar-refractivity contribution in [3.8, 4) is 0 Å². The average Bonchev–Trinajstić information content (AvgIpc) is 2.86. The van der Waals surface area contributed by atoms with Crippen molar-refractivity contribution in [2.75, 3.05) is 26.2 Å². The van der Waals surface area contributed by atoms with Crippen molar-refractivity contribution in [3.05, 3.63) is 34.7 Å². The molecule has 2 N–H and O–H groups in total. The van der Waals surface area contributed by atoms with Crippen LogP contribution in [0.3, 0.4) is 0 Å². The predicted molar refractivity (Wildman–Crippen MR) is 88.3 cm³/mol. The van der Waals surface area contributed by atoms with Gasteiger partial charge in [-0.25, -0.2) is 4.79 Å². The van der Waals surface area contributed by atoms with E-state index in [1.165, 1.54) is 11.3 Å². The third kappa shape index (κ3) is 3.81. The number of thiophene rings is 1. The Morgan fingerprint density at radius 2 is 2.00 bits per heavy atom. The summed E-state index contributed by atoms with van der Waals surface area (Å²) in [6, 6.07) is 7.88. The number of carbonyl (C=O) groups is 1. The van der Waals surface area contributed by atoms with E-state index in [9.17, 15) is 9.90 Å². The van der Waals surface area contributed by atoms with Crippen molar-refractivity contribution in [2.24, 2.45) is 0 Å². The van der Waals surface area contributed by atoms with Gasteiger partial charge in [0.05, 0.1) is 0 Å². The molecule has 0 aliphatic heterocycles. The fourth-order valence-electron chi connectivity index (χ4n) is 2.44. The van der Waals surface area contributed by atoms with E-state index in [1.54, 1.807) is 0 Å². The highest BCUT2D eigenvalue weighted by Gasteiger charge is 2.16. The summed E-state index contributed by atoms with van der Waals surface area (Å²) >= 11 is 1.36. The van der Waals surface area contributed by atoms with Crippen molar-refractivity contribution in [3.63, 3.8) is 0 Å². The summed E-state index contributed by atoms with van der Waals surface area (Å²) in [7, 11) is 0. The van der Waals surface area contributed by atoms with Gasteiger partial charge in [-0.2, -0.15) is 0 Å². The molecule has 0 saturated carbocycles. The van der Waals surface area contributed by atoms with E-state index < -0.39 is 5.97 Å². The molecule has 0 radical (unpaired) electrons. The molecule has 2 aromatic rings. The van der Waals surface area contributed by atoms with E-state index >= 15 is 0 Å². The molecule has 0 saturated heterocycles. The molecule has 114 valence electrons. The average molecular weight is 306 g/mol. The maximum atomic E-state index is 11.4. The van der Waals surface area contributed by atoms with Crippen LogP contribution in [-0.2, 0) is 6.54 Å². The first-order valence-corrected chi connectivity index (χ1v) is 8.15. The molecule has 0 atom stereocenters. The standard InChI is InChI=1S/C16H22N2O2S/c1-3-18(4-2)10-9-17-11-13-12-7-5-6-8-14(12)21-15(13)16(19)20/h5-8,17H,3-4,9-11H2,1-2H3,(H,19,20). The van der Waals surface area contributed by atoms with Gasteiger partial charge in [0.15, 0.2) is 0 Å². The molecule has 1 aromatic carbocycles. The molecule has 2 rings (SSSR count). The van der Waals surface area contributed by atoms with Gasteiger partial charge in [0.2, 0.25) is 0 Å². The van der Waals surface area contributed by atoms with Crippen LogP contribution in [-0.4, -0.2) is 42.2 Å². The summed E-state index contributed by atoms with van der Waals surface area (Å²) in [5, 5.41) is 13.8. The molecule has 1 heterocycles. The number of hydrogen-bond donors (Lipinski definition) is 2. The highest BCUT2D eigenvalue weighted by Crippen LogP contribution is 2.31. The van der Waals surface area contributed by atoms with Crippen LogP contribution in [0.5, 0.6) is 0 Å². The first-order valence-electron chi connectivity index (χ1n) is 7.34. The van der Waals surface area contributed by atoms with Crippen LogP contribution in [0.2, 0.25) is 0 Å². The third-order valence-electron chi connectivity index (χ3n) is 3.69. The quantitative estimate of drug-likeness (QED) is 0.736. The molecule has 0 spiro atoms. The van der Waals surface area contributed by atoms with Gasteiger partial charge < -0.3 is 15.3 Å². The normalized spacial score (nSPS) is 11.4. The third-order valence-corrected chi connectivity index (χ3v) is 4.89. The number of nitrogens with one attached hydrogen (secondary N) is 1. The number of rotatable bonds is 8. The maximum absolute atomic E-state index is 11.4. The van der Waals surface area contributed by atoms with E-state index in [2.05, 4.69) is 24.1 Å². The topological polar surface area (TPSA) is 52.6 Å². The van der Waals surface area contributed by atoms with Gasteiger partial charge in [0, 0.05) is 24.3 Å². The Morgan fingerprint density at radius 3 is 2.67 bits per heavy atom. The van der Waals surface area contributed by atoms with Crippen LogP contribution in [0.15, 0.2) is 24.3 Å². The van der Waals surface area contributed by atoms with Crippen LogP contribution < -0.4 is 5.32 Å². The SMILES string of the molecule is CCN(CC)CCNCc1c(C(=O)O)sc2ccccc12. The Bertz CT molecular complexity index is 605. The van der Waals surface area contributed by atoms with Gasteiger partial charge in [-0.1, -0.05) is 32.0 Å². The van der Waals surface area contributed by atoms with E-state index in [0.29, 0.717) is 11.4 Å². The molecule has 0 amide bonds. The summed E-state index contributed by atoms with van der Waals surface area (Å²) in [5.74, 6) is -0.836. The monoisotopic (exact) mass is 306 g/mol. The number of fused-ring (bicyclic) bond motifs is 1. The Balaban J connectivity index is 2.07. The summed E-state index contributed by atoms with van der Waals surface area (Å²) in [4.78, 5) is 14.2. The zero-order valence-electron chi connectivity index (χ0n) is 12.6. The van der Waals surface area contributed by atoms with Gasteiger partial charge in [-0.05, 0) is 30.1 Å². The highest BCUT2D eigenvalue weighted by molar-refractivity contribution is 7.21. The molecule has 0 bridgehead atoms. The van der Waals surface area contributed by atoms with Crippen LogP contribution in [0.1, 0.15) is 29.1 Å². The van der Waals surface area contributed by atoms with Crippen molar-refractivity contribution in [2.45, 2.75) is 20.4 Å². The minimum absolute atomic E-state index is 0.450. The second-order valence-electron chi connectivity index (χ2n) is 4.91. The van der Waals surface area contributed by atoms with E-state index in [1.807, 2.05) is 24.3 Å². The number of nitrogens with zero attached hydrogens (tertiary/aromatic N) is 1. The molecule has 21 heavy (non-hydrogen) atoms. The molecule has 0 aliphatic carbocycles. The lowest BCUT2D eigenvalue weighted by Crippen LogP contribution is -2.31.